The van der Waals surface area contributed by atoms with E-state index in [-0.39, 0.29) is 28.7 Å². The summed E-state index contributed by atoms with van der Waals surface area (Å²) in [6.07, 6.45) is 0. The number of halogens is 1. The second-order valence-corrected chi connectivity index (χ2v) is 7.02. The third-order valence-electron chi connectivity index (χ3n) is 4.20. The standard InChI is InChI=1S/C23H21ClN2O5/c1-14-6-5-7-16(10-14)31-19-9-4-3-8-18(19)26-23(28)15-11-17(24)22(20(12-15)29-2)30-13-21(25)27/h3-12H,13H2,1-2H3,(H2,25,27)(H,26,28). The maximum Gasteiger partial charge on any atom is 0.255 e. The first-order valence-corrected chi connectivity index (χ1v) is 9.68. The molecule has 0 atom stereocenters. The fourth-order valence-corrected chi connectivity index (χ4v) is 3.06. The molecule has 8 heteroatoms. The van der Waals surface area contributed by atoms with Gasteiger partial charge in [-0.1, -0.05) is 35.9 Å². The van der Waals surface area contributed by atoms with E-state index in [1.165, 1.54) is 19.2 Å². The molecule has 2 amide bonds. The summed E-state index contributed by atoms with van der Waals surface area (Å²) in [7, 11) is 1.40. The van der Waals surface area contributed by atoms with E-state index in [0.29, 0.717) is 17.2 Å². The lowest BCUT2D eigenvalue weighted by atomic mass is 10.1. The molecule has 0 saturated carbocycles. The number of para-hydroxylation sites is 2. The molecular weight excluding hydrogens is 420 g/mol. The molecule has 3 aromatic rings. The normalized spacial score (nSPS) is 10.3. The van der Waals surface area contributed by atoms with Crippen molar-refractivity contribution in [1.82, 2.24) is 0 Å². The second kappa shape index (κ2) is 9.86. The van der Waals surface area contributed by atoms with Crippen molar-refractivity contribution >= 4 is 29.1 Å². The van der Waals surface area contributed by atoms with Crippen molar-refractivity contribution < 1.29 is 23.8 Å². The van der Waals surface area contributed by atoms with Gasteiger partial charge in [-0.05, 0) is 48.9 Å². The number of ether oxygens (including phenoxy) is 3. The quantitative estimate of drug-likeness (QED) is 0.534. The minimum atomic E-state index is -0.662. The predicted molar refractivity (Wildman–Crippen MR) is 118 cm³/mol. The zero-order valence-corrected chi connectivity index (χ0v) is 17.7. The zero-order chi connectivity index (χ0) is 22.4. The van der Waals surface area contributed by atoms with Gasteiger partial charge in [-0.25, -0.2) is 0 Å². The van der Waals surface area contributed by atoms with Gasteiger partial charge in [0, 0.05) is 5.56 Å². The Labute approximate surface area is 184 Å². The Morgan fingerprint density at radius 2 is 1.81 bits per heavy atom. The van der Waals surface area contributed by atoms with Crippen LogP contribution in [0.3, 0.4) is 0 Å². The molecule has 3 rings (SSSR count). The van der Waals surface area contributed by atoms with Gasteiger partial charge in [-0.15, -0.1) is 0 Å². The van der Waals surface area contributed by atoms with Crippen molar-refractivity contribution in [3.05, 3.63) is 76.8 Å². The van der Waals surface area contributed by atoms with E-state index >= 15 is 0 Å². The number of amides is 2. The summed E-state index contributed by atoms with van der Waals surface area (Å²) >= 11 is 6.24. The number of hydrogen-bond donors (Lipinski definition) is 2. The van der Waals surface area contributed by atoms with Gasteiger partial charge in [-0.2, -0.15) is 0 Å². The van der Waals surface area contributed by atoms with E-state index in [2.05, 4.69) is 5.32 Å². The number of primary amides is 1. The fourth-order valence-electron chi connectivity index (χ4n) is 2.79. The molecule has 7 nitrogen and oxygen atoms in total. The molecule has 160 valence electrons. The minimum Gasteiger partial charge on any atom is -0.493 e. The van der Waals surface area contributed by atoms with Gasteiger partial charge in [-0.3, -0.25) is 9.59 Å². The van der Waals surface area contributed by atoms with Crippen molar-refractivity contribution in [3.63, 3.8) is 0 Å². The second-order valence-electron chi connectivity index (χ2n) is 6.61. The van der Waals surface area contributed by atoms with E-state index < -0.39 is 11.8 Å². The van der Waals surface area contributed by atoms with Gasteiger partial charge in [0.15, 0.2) is 23.9 Å². The molecule has 0 radical (unpaired) electrons. The minimum absolute atomic E-state index is 0.107. The van der Waals surface area contributed by atoms with E-state index in [1.807, 2.05) is 37.3 Å². The van der Waals surface area contributed by atoms with Crippen LogP contribution in [0, 0.1) is 6.92 Å². The van der Waals surface area contributed by atoms with Gasteiger partial charge < -0.3 is 25.3 Å². The highest BCUT2D eigenvalue weighted by atomic mass is 35.5. The average Bonchev–Trinajstić information content (AvgIpc) is 2.73. The molecule has 0 aliphatic heterocycles. The van der Waals surface area contributed by atoms with Crippen LogP contribution < -0.4 is 25.3 Å². The lowest BCUT2D eigenvalue weighted by Gasteiger charge is -2.15. The summed E-state index contributed by atoms with van der Waals surface area (Å²) < 4.78 is 16.5. The monoisotopic (exact) mass is 440 g/mol. The van der Waals surface area contributed by atoms with E-state index in [4.69, 9.17) is 31.5 Å². The van der Waals surface area contributed by atoms with Crippen LogP contribution in [0.1, 0.15) is 15.9 Å². The number of rotatable bonds is 8. The van der Waals surface area contributed by atoms with Crippen molar-refractivity contribution in [1.29, 1.82) is 0 Å². The number of nitrogens with one attached hydrogen (secondary N) is 1. The molecule has 0 bridgehead atoms. The van der Waals surface area contributed by atoms with Crippen molar-refractivity contribution in [3.8, 4) is 23.0 Å². The average molecular weight is 441 g/mol. The highest BCUT2D eigenvalue weighted by Crippen LogP contribution is 2.37. The molecule has 0 fully saturated rings. The number of hydrogen-bond acceptors (Lipinski definition) is 5. The molecule has 31 heavy (non-hydrogen) atoms. The number of carbonyl (C=O) groups excluding carboxylic acids is 2. The number of aryl methyl sites for hydroxylation is 1. The topological polar surface area (TPSA) is 99.9 Å². The Balaban J connectivity index is 1.83. The number of methoxy groups -OCH3 is 1. The van der Waals surface area contributed by atoms with E-state index in [9.17, 15) is 9.59 Å². The Hall–Kier alpha value is -3.71. The van der Waals surface area contributed by atoms with Crippen molar-refractivity contribution in [2.75, 3.05) is 19.0 Å². The third-order valence-corrected chi connectivity index (χ3v) is 4.48. The van der Waals surface area contributed by atoms with E-state index in [1.54, 1.807) is 18.2 Å². The first-order chi connectivity index (χ1) is 14.9. The van der Waals surface area contributed by atoms with Gasteiger partial charge in [0.05, 0.1) is 17.8 Å². The summed E-state index contributed by atoms with van der Waals surface area (Å²) in [4.78, 5) is 23.9. The highest BCUT2D eigenvalue weighted by Gasteiger charge is 2.18. The fraction of sp³-hybridized carbons (Fsp3) is 0.130. The van der Waals surface area contributed by atoms with Gasteiger partial charge in [0.2, 0.25) is 0 Å². The van der Waals surface area contributed by atoms with Gasteiger partial charge in [0.25, 0.3) is 11.8 Å². The summed E-state index contributed by atoms with van der Waals surface area (Å²) in [6.45, 7) is 1.60. The van der Waals surface area contributed by atoms with Crippen molar-refractivity contribution in [2.45, 2.75) is 6.92 Å². The Bertz CT molecular complexity index is 1120. The molecule has 3 N–H and O–H groups in total. The van der Waals surface area contributed by atoms with Crippen LogP contribution >= 0.6 is 11.6 Å². The first-order valence-electron chi connectivity index (χ1n) is 9.31. The largest absolute Gasteiger partial charge is 0.493 e. The highest BCUT2D eigenvalue weighted by molar-refractivity contribution is 6.32. The summed E-state index contributed by atoms with van der Waals surface area (Å²) in [5.74, 6) is 0.376. The summed E-state index contributed by atoms with van der Waals surface area (Å²) in [5.41, 5.74) is 6.87. The molecule has 0 aromatic heterocycles. The molecular formula is C23H21ClN2O5. The lowest BCUT2D eigenvalue weighted by molar-refractivity contribution is -0.119. The van der Waals surface area contributed by atoms with Gasteiger partial charge >= 0.3 is 0 Å². The van der Waals surface area contributed by atoms with Crippen LogP contribution in [-0.2, 0) is 4.79 Å². The van der Waals surface area contributed by atoms with Crippen LogP contribution in [0.4, 0.5) is 5.69 Å². The van der Waals surface area contributed by atoms with Gasteiger partial charge in [0.1, 0.15) is 5.75 Å². The Morgan fingerprint density at radius 3 is 2.52 bits per heavy atom. The van der Waals surface area contributed by atoms with Crippen LogP contribution in [0.5, 0.6) is 23.0 Å². The molecule has 3 aromatic carbocycles. The predicted octanol–water partition coefficient (Wildman–Crippen LogP) is 4.57. The number of carbonyl (C=O) groups is 2. The number of nitrogens with two attached hydrogens (primary N) is 1. The molecule has 0 aliphatic rings. The molecule has 0 aliphatic carbocycles. The number of benzene rings is 3. The number of anilines is 1. The van der Waals surface area contributed by atoms with Crippen LogP contribution in [-0.4, -0.2) is 25.5 Å². The van der Waals surface area contributed by atoms with Crippen molar-refractivity contribution in [2.24, 2.45) is 5.73 Å². The smallest absolute Gasteiger partial charge is 0.255 e. The lowest BCUT2D eigenvalue weighted by Crippen LogP contribution is -2.20. The third kappa shape index (κ3) is 5.67. The molecule has 0 unspecified atom stereocenters. The molecule has 0 spiro atoms. The summed E-state index contributed by atoms with van der Waals surface area (Å²) in [6, 6.07) is 17.5. The molecule has 0 heterocycles. The maximum atomic E-state index is 12.9. The maximum absolute atomic E-state index is 12.9. The van der Waals surface area contributed by atoms with Crippen LogP contribution in [0.2, 0.25) is 5.02 Å². The first kappa shape index (κ1) is 22.0. The van der Waals surface area contributed by atoms with Crippen LogP contribution in [0.25, 0.3) is 0 Å². The SMILES string of the molecule is COc1cc(C(=O)Nc2ccccc2Oc2cccc(C)c2)cc(Cl)c1OCC(N)=O. The summed E-state index contributed by atoms with van der Waals surface area (Å²) in [5, 5.41) is 2.92. The molecule has 0 saturated heterocycles. The Kier molecular flexibility index (Phi) is 6.99. The zero-order valence-electron chi connectivity index (χ0n) is 17.0. The Morgan fingerprint density at radius 1 is 1.03 bits per heavy atom. The van der Waals surface area contributed by atoms with E-state index in [0.717, 1.165) is 5.56 Å². The van der Waals surface area contributed by atoms with Crippen LogP contribution in [0.15, 0.2) is 60.7 Å².